The Bertz CT molecular complexity index is 1230. The van der Waals surface area contributed by atoms with E-state index >= 15 is 0 Å². The Morgan fingerprint density at radius 3 is 2.60 bits per heavy atom. The maximum absolute atomic E-state index is 12.8. The van der Waals surface area contributed by atoms with Crippen LogP contribution in [0.5, 0.6) is 0 Å². The summed E-state index contributed by atoms with van der Waals surface area (Å²) in [6.07, 6.45) is 5.46. The lowest BCUT2D eigenvalue weighted by atomic mass is 9.45. The van der Waals surface area contributed by atoms with Crippen LogP contribution >= 0.6 is 0 Å². The van der Waals surface area contributed by atoms with Crippen molar-refractivity contribution >= 4 is 11.9 Å². The van der Waals surface area contributed by atoms with Crippen LogP contribution in [0.4, 0.5) is 0 Å². The zero-order valence-corrected chi connectivity index (χ0v) is 25.2. The number of rotatable bonds is 3. The lowest BCUT2D eigenvalue weighted by Crippen LogP contribution is -2.69. The highest BCUT2D eigenvalue weighted by Gasteiger charge is 2.71. The van der Waals surface area contributed by atoms with Gasteiger partial charge in [-0.25, -0.2) is 4.79 Å². The maximum atomic E-state index is 12.8. The van der Waals surface area contributed by atoms with Crippen LogP contribution in [-0.4, -0.2) is 84.1 Å². The van der Waals surface area contributed by atoms with Gasteiger partial charge in [-0.05, 0) is 61.9 Å². The fourth-order valence-electron chi connectivity index (χ4n) is 10.4. The molecule has 0 bridgehead atoms. The lowest BCUT2D eigenvalue weighted by Gasteiger charge is -2.63. The second-order valence-corrected chi connectivity index (χ2v) is 14.3. The molecule has 2 N–H and O–H groups in total. The number of carbonyl (C=O) groups is 2. The third kappa shape index (κ3) is 3.91. The van der Waals surface area contributed by atoms with Gasteiger partial charge in [0.05, 0.1) is 17.8 Å². The van der Waals surface area contributed by atoms with Gasteiger partial charge in [0.15, 0.2) is 0 Å². The van der Waals surface area contributed by atoms with Crippen molar-refractivity contribution in [2.75, 3.05) is 13.7 Å². The molecule has 4 aliphatic carbocycles. The summed E-state index contributed by atoms with van der Waals surface area (Å²) in [5, 5.41) is 24.4. The van der Waals surface area contributed by atoms with Gasteiger partial charge in [0.1, 0.15) is 24.9 Å². The summed E-state index contributed by atoms with van der Waals surface area (Å²) in [5.74, 6) is -2.66. The predicted octanol–water partition coefficient (Wildman–Crippen LogP) is 2.94. The van der Waals surface area contributed by atoms with Gasteiger partial charge < -0.3 is 38.6 Å². The quantitative estimate of drug-likeness (QED) is 0.375. The molecule has 13 atom stereocenters. The molecule has 3 aliphatic heterocycles. The summed E-state index contributed by atoms with van der Waals surface area (Å²) < 4.78 is 35.6. The first kappa shape index (κ1) is 28.9. The molecule has 2 saturated heterocycles. The standard InChI is InChI=1S/C32H44O10/c1-16-10-25(37-5)32(36)28(39-16)41-22-12-19-6-7-21-20(29(19,3)13-23(22)42-32)8-9-30(4)27(18-11-26(34)38-15-18)24(40-17(2)33)14-31(21,30)35/h11-12,16,20-25,27-28,35-36H,6-10,13-15H2,1-5H3/t16-,20+,21-,22-,23-,24+,25-,27+,28+,29+,30-,31+,32+/m1/s1. The topological polar surface area (TPSA) is 130 Å². The average molecular weight is 589 g/mol. The second kappa shape index (κ2) is 9.59. The summed E-state index contributed by atoms with van der Waals surface area (Å²) >= 11 is 0. The minimum Gasteiger partial charge on any atom is -0.462 e. The fourth-order valence-corrected chi connectivity index (χ4v) is 10.4. The third-order valence-electron chi connectivity index (χ3n) is 12.3. The Balaban J connectivity index is 1.21. The number of esters is 2. The number of carbonyl (C=O) groups excluding carboxylic acids is 2. The zero-order chi connectivity index (χ0) is 29.8. The molecular weight excluding hydrogens is 544 g/mol. The molecule has 0 aromatic heterocycles. The molecule has 0 unspecified atom stereocenters. The van der Waals surface area contributed by atoms with Crippen molar-refractivity contribution in [3.05, 3.63) is 23.3 Å². The van der Waals surface area contributed by atoms with E-state index in [4.69, 9.17) is 28.4 Å². The van der Waals surface area contributed by atoms with Gasteiger partial charge in [0.2, 0.25) is 12.1 Å². The number of hydrogen-bond donors (Lipinski definition) is 2. The van der Waals surface area contributed by atoms with Crippen molar-refractivity contribution < 1.29 is 48.2 Å². The number of cyclic esters (lactones) is 1. The summed E-state index contributed by atoms with van der Waals surface area (Å²) in [4.78, 5) is 24.3. The smallest absolute Gasteiger partial charge is 0.331 e. The van der Waals surface area contributed by atoms with E-state index < -0.39 is 47.4 Å². The Morgan fingerprint density at radius 2 is 1.90 bits per heavy atom. The molecule has 3 heterocycles. The number of methoxy groups -OCH3 is 1. The van der Waals surface area contributed by atoms with Crippen molar-refractivity contribution in [2.45, 2.75) is 121 Å². The molecule has 3 saturated carbocycles. The van der Waals surface area contributed by atoms with Crippen molar-refractivity contribution in [3.63, 3.8) is 0 Å². The van der Waals surface area contributed by atoms with Crippen LogP contribution in [0.3, 0.4) is 0 Å². The molecule has 0 amide bonds. The van der Waals surface area contributed by atoms with E-state index in [2.05, 4.69) is 19.9 Å². The Labute approximate surface area is 246 Å². The lowest BCUT2D eigenvalue weighted by molar-refractivity contribution is -0.450. The highest BCUT2D eigenvalue weighted by molar-refractivity contribution is 5.85. The monoisotopic (exact) mass is 588 g/mol. The summed E-state index contributed by atoms with van der Waals surface area (Å²) in [6.45, 7) is 7.88. The number of ether oxygens (including phenoxy) is 6. The maximum Gasteiger partial charge on any atom is 0.331 e. The molecule has 42 heavy (non-hydrogen) atoms. The van der Waals surface area contributed by atoms with E-state index in [1.165, 1.54) is 18.6 Å². The summed E-state index contributed by atoms with van der Waals surface area (Å²) in [6, 6.07) is 0. The van der Waals surface area contributed by atoms with Gasteiger partial charge in [0.25, 0.3) is 0 Å². The Kier molecular flexibility index (Phi) is 6.60. The first-order chi connectivity index (χ1) is 19.8. The number of fused-ring (bicyclic) bond motifs is 7. The predicted molar refractivity (Wildman–Crippen MR) is 146 cm³/mol. The molecule has 0 spiro atoms. The van der Waals surface area contributed by atoms with E-state index in [9.17, 15) is 19.8 Å². The van der Waals surface area contributed by atoms with Gasteiger partial charge in [0, 0.05) is 44.3 Å². The normalized spacial score (nSPS) is 52.9. The highest BCUT2D eigenvalue weighted by atomic mass is 16.8. The van der Waals surface area contributed by atoms with Gasteiger partial charge in [-0.1, -0.05) is 25.5 Å². The minimum atomic E-state index is -1.70. The molecule has 0 radical (unpaired) electrons. The van der Waals surface area contributed by atoms with E-state index in [-0.39, 0.29) is 48.0 Å². The molecule has 7 rings (SSSR count). The molecule has 0 aromatic carbocycles. The highest BCUT2D eigenvalue weighted by Crippen LogP contribution is 2.70. The molecule has 10 nitrogen and oxygen atoms in total. The average Bonchev–Trinajstić information content (AvgIpc) is 3.42. The fraction of sp³-hybridized carbons (Fsp3) is 0.812. The molecule has 5 fully saturated rings. The minimum absolute atomic E-state index is 0.0393. The van der Waals surface area contributed by atoms with Crippen molar-refractivity contribution in [3.8, 4) is 0 Å². The van der Waals surface area contributed by atoms with E-state index in [0.717, 1.165) is 31.3 Å². The van der Waals surface area contributed by atoms with Gasteiger partial charge in [-0.3, -0.25) is 4.79 Å². The largest absolute Gasteiger partial charge is 0.462 e. The molecular formula is C32H44O10. The van der Waals surface area contributed by atoms with Crippen molar-refractivity contribution in [1.29, 1.82) is 0 Å². The van der Waals surface area contributed by atoms with Crippen LogP contribution in [0, 0.1) is 28.6 Å². The Hall–Kier alpha value is -1.82. The first-order valence-corrected chi connectivity index (χ1v) is 15.5. The van der Waals surface area contributed by atoms with Crippen LogP contribution in [0.1, 0.15) is 72.6 Å². The van der Waals surface area contributed by atoms with Gasteiger partial charge in [-0.15, -0.1) is 0 Å². The van der Waals surface area contributed by atoms with Gasteiger partial charge >= 0.3 is 11.9 Å². The van der Waals surface area contributed by atoms with Crippen LogP contribution in [-0.2, 0) is 38.0 Å². The Morgan fingerprint density at radius 1 is 1.12 bits per heavy atom. The van der Waals surface area contributed by atoms with Crippen molar-refractivity contribution in [1.82, 2.24) is 0 Å². The molecule has 7 aliphatic rings. The summed E-state index contributed by atoms with van der Waals surface area (Å²) in [5.41, 5.74) is 0.151. The summed E-state index contributed by atoms with van der Waals surface area (Å²) in [7, 11) is 1.57. The molecule has 232 valence electrons. The first-order valence-electron chi connectivity index (χ1n) is 15.5. The number of allylic oxidation sites excluding steroid dienone is 1. The van der Waals surface area contributed by atoms with E-state index in [1.807, 2.05) is 6.92 Å². The van der Waals surface area contributed by atoms with E-state index in [0.29, 0.717) is 19.3 Å². The van der Waals surface area contributed by atoms with Crippen LogP contribution < -0.4 is 0 Å². The van der Waals surface area contributed by atoms with Crippen LogP contribution in [0.15, 0.2) is 23.3 Å². The number of hydrogen-bond acceptors (Lipinski definition) is 10. The van der Waals surface area contributed by atoms with Gasteiger partial charge in [-0.2, -0.15) is 0 Å². The van der Waals surface area contributed by atoms with Crippen LogP contribution in [0.25, 0.3) is 0 Å². The second-order valence-electron chi connectivity index (χ2n) is 14.3. The van der Waals surface area contributed by atoms with E-state index in [1.54, 1.807) is 7.11 Å². The third-order valence-corrected chi connectivity index (χ3v) is 12.3. The number of aliphatic hydroxyl groups is 2. The molecule has 0 aromatic rings. The zero-order valence-electron chi connectivity index (χ0n) is 25.2. The van der Waals surface area contributed by atoms with Crippen LogP contribution in [0.2, 0.25) is 0 Å². The molecule has 10 heteroatoms. The van der Waals surface area contributed by atoms with Crippen molar-refractivity contribution in [2.24, 2.45) is 28.6 Å². The SMILES string of the molecule is CO[C@@H]1C[C@@H](C)O[C@H]2O[C@@H]3C=C4CC[C@@H]5[C@H](CC[C@]6(C)[C@@H](C7=CC(=O)OC7)[C@@H](OC(C)=O)C[C@]56O)[C@@]4(C)C[C@H]3O[C@]21O.